The van der Waals surface area contributed by atoms with Crippen LogP contribution in [-0.2, 0) is 4.79 Å². The van der Waals surface area contributed by atoms with Crippen molar-refractivity contribution in [3.63, 3.8) is 0 Å². The molecule has 166 valence electrons. The molecule has 1 heterocycles. The summed E-state index contributed by atoms with van der Waals surface area (Å²) < 4.78 is 11.0. The van der Waals surface area contributed by atoms with Gasteiger partial charge >= 0.3 is 0 Å². The van der Waals surface area contributed by atoms with Crippen LogP contribution in [0.5, 0.6) is 11.5 Å². The molecule has 0 saturated carbocycles. The molecule has 0 bridgehead atoms. The molecule has 1 N–H and O–H groups in total. The highest BCUT2D eigenvalue weighted by Gasteiger charge is 2.42. The van der Waals surface area contributed by atoms with Crippen LogP contribution in [0.4, 0.5) is 0 Å². The predicted molar refractivity (Wildman–Crippen MR) is 121 cm³/mol. The summed E-state index contributed by atoms with van der Waals surface area (Å²) in [4.78, 5) is 28.2. The first kappa shape index (κ1) is 22.7. The summed E-state index contributed by atoms with van der Waals surface area (Å²) in [6.07, 6.45) is 0. The maximum absolute atomic E-state index is 13.3. The average Bonchev–Trinajstić information content (AvgIpc) is 3.22. The highest BCUT2D eigenvalue weighted by atomic mass is 16.5. The molecule has 3 rings (SSSR count). The van der Waals surface area contributed by atoms with Gasteiger partial charge in [-0.15, -0.1) is 0 Å². The molecule has 0 aliphatic carbocycles. The Balaban J connectivity index is 1.95. The van der Waals surface area contributed by atoms with Gasteiger partial charge in [-0.25, -0.2) is 0 Å². The monoisotopic (exact) mass is 424 g/mol. The second kappa shape index (κ2) is 9.86. The van der Waals surface area contributed by atoms with Crippen LogP contribution >= 0.6 is 0 Å². The number of nitrogens with zero attached hydrogens (tertiary/aromatic N) is 1. The van der Waals surface area contributed by atoms with E-state index in [1.54, 1.807) is 19.1 Å². The summed E-state index contributed by atoms with van der Waals surface area (Å²) in [7, 11) is 3.23. The van der Waals surface area contributed by atoms with Crippen LogP contribution in [0.3, 0.4) is 0 Å². The lowest BCUT2D eigenvalue weighted by Crippen LogP contribution is -2.37. The van der Waals surface area contributed by atoms with Gasteiger partial charge < -0.3 is 19.7 Å². The number of hydrogen-bond donors (Lipinski definition) is 1. The standard InChI is InChI=1S/C25H32N2O4/c1-16(2)13-26-24(28)22-15-27(25(29)19-9-7-6-8-17(19)3)14-21(22)20-12-18(30-4)10-11-23(20)31-5/h6-12,16,21-22H,13-15H2,1-5H3,(H,26,28). The summed E-state index contributed by atoms with van der Waals surface area (Å²) in [6, 6.07) is 13.1. The van der Waals surface area contributed by atoms with Gasteiger partial charge in [0.1, 0.15) is 11.5 Å². The molecule has 31 heavy (non-hydrogen) atoms. The number of carbonyl (C=O) groups is 2. The molecule has 1 fully saturated rings. The molecule has 0 aromatic heterocycles. The van der Waals surface area contributed by atoms with Crippen molar-refractivity contribution in [2.24, 2.45) is 11.8 Å². The second-order valence-electron chi connectivity index (χ2n) is 8.48. The number of amides is 2. The minimum Gasteiger partial charge on any atom is -0.497 e. The molecular weight excluding hydrogens is 392 g/mol. The van der Waals surface area contributed by atoms with Crippen molar-refractivity contribution in [2.45, 2.75) is 26.7 Å². The Morgan fingerprint density at radius 3 is 2.48 bits per heavy atom. The SMILES string of the molecule is COc1ccc(OC)c(C2CN(C(=O)c3ccccc3C)CC2C(=O)NCC(C)C)c1. The van der Waals surface area contributed by atoms with Gasteiger partial charge in [0.05, 0.1) is 20.1 Å². The van der Waals surface area contributed by atoms with Crippen molar-refractivity contribution < 1.29 is 19.1 Å². The highest BCUT2D eigenvalue weighted by molar-refractivity contribution is 5.96. The number of aryl methyl sites for hydroxylation is 1. The van der Waals surface area contributed by atoms with E-state index < -0.39 is 0 Å². The van der Waals surface area contributed by atoms with Crippen LogP contribution in [0.1, 0.15) is 41.3 Å². The van der Waals surface area contributed by atoms with Gasteiger partial charge in [0.2, 0.25) is 5.91 Å². The number of rotatable bonds is 7. The third kappa shape index (κ3) is 5.01. The molecule has 1 aliphatic rings. The number of ether oxygens (including phenoxy) is 2. The fourth-order valence-corrected chi connectivity index (χ4v) is 4.10. The van der Waals surface area contributed by atoms with E-state index in [4.69, 9.17) is 9.47 Å². The van der Waals surface area contributed by atoms with Crippen LogP contribution in [0.15, 0.2) is 42.5 Å². The van der Waals surface area contributed by atoms with Crippen molar-refractivity contribution in [3.05, 3.63) is 59.2 Å². The first-order chi connectivity index (χ1) is 14.8. The van der Waals surface area contributed by atoms with Crippen molar-refractivity contribution in [2.75, 3.05) is 33.9 Å². The Labute approximate surface area is 184 Å². The Bertz CT molecular complexity index is 941. The number of benzene rings is 2. The van der Waals surface area contributed by atoms with E-state index in [0.717, 1.165) is 11.1 Å². The van der Waals surface area contributed by atoms with Gasteiger partial charge in [0, 0.05) is 36.7 Å². The van der Waals surface area contributed by atoms with Crippen LogP contribution in [0.2, 0.25) is 0 Å². The normalized spacial score (nSPS) is 18.2. The topological polar surface area (TPSA) is 67.9 Å². The van der Waals surface area contributed by atoms with Crippen LogP contribution in [-0.4, -0.2) is 50.6 Å². The Kier molecular flexibility index (Phi) is 7.21. The zero-order valence-electron chi connectivity index (χ0n) is 19.0. The smallest absolute Gasteiger partial charge is 0.254 e. The Hall–Kier alpha value is -3.02. The number of likely N-dealkylation sites (tertiary alicyclic amines) is 1. The van der Waals surface area contributed by atoms with Gasteiger partial charge in [-0.05, 0) is 42.7 Å². The molecular formula is C25H32N2O4. The van der Waals surface area contributed by atoms with E-state index >= 15 is 0 Å². The van der Waals surface area contributed by atoms with Gasteiger partial charge in [0.25, 0.3) is 5.91 Å². The fourth-order valence-electron chi connectivity index (χ4n) is 4.10. The van der Waals surface area contributed by atoms with Crippen LogP contribution in [0.25, 0.3) is 0 Å². The molecule has 2 amide bonds. The summed E-state index contributed by atoms with van der Waals surface area (Å²) in [5.41, 5.74) is 2.48. The zero-order valence-corrected chi connectivity index (χ0v) is 19.0. The van der Waals surface area contributed by atoms with E-state index in [-0.39, 0.29) is 23.7 Å². The summed E-state index contributed by atoms with van der Waals surface area (Å²) in [5, 5.41) is 3.05. The van der Waals surface area contributed by atoms with E-state index in [9.17, 15) is 9.59 Å². The van der Waals surface area contributed by atoms with Crippen molar-refractivity contribution >= 4 is 11.8 Å². The molecule has 6 nitrogen and oxygen atoms in total. The molecule has 0 radical (unpaired) electrons. The van der Waals surface area contributed by atoms with Crippen molar-refractivity contribution in [3.8, 4) is 11.5 Å². The van der Waals surface area contributed by atoms with E-state index in [0.29, 0.717) is 42.6 Å². The zero-order chi connectivity index (χ0) is 22.5. The Morgan fingerprint density at radius 1 is 1.10 bits per heavy atom. The molecule has 6 heteroatoms. The lowest BCUT2D eigenvalue weighted by atomic mass is 9.87. The summed E-state index contributed by atoms with van der Waals surface area (Å²) >= 11 is 0. The lowest BCUT2D eigenvalue weighted by molar-refractivity contribution is -0.125. The molecule has 2 unspecified atom stereocenters. The maximum atomic E-state index is 13.3. The first-order valence-electron chi connectivity index (χ1n) is 10.7. The first-order valence-corrected chi connectivity index (χ1v) is 10.7. The van der Waals surface area contributed by atoms with Crippen LogP contribution < -0.4 is 14.8 Å². The number of nitrogens with one attached hydrogen (secondary N) is 1. The van der Waals surface area contributed by atoms with Crippen LogP contribution in [0, 0.1) is 18.8 Å². The van der Waals surface area contributed by atoms with E-state index in [1.807, 2.05) is 49.4 Å². The number of carbonyl (C=O) groups excluding carboxylic acids is 2. The maximum Gasteiger partial charge on any atom is 0.254 e. The molecule has 2 aromatic carbocycles. The largest absolute Gasteiger partial charge is 0.497 e. The van der Waals surface area contributed by atoms with Gasteiger partial charge in [-0.3, -0.25) is 9.59 Å². The molecule has 1 saturated heterocycles. The van der Waals surface area contributed by atoms with Gasteiger partial charge in [-0.1, -0.05) is 32.0 Å². The van der Waals surface area contributed by atoms with Crippen molar-refractivity contribution in [1.82, 2.24) is 10.2 Å². The minimum absolute atomic E-state index is 0.0383. The third-order valence-electron chi connectivity index (χ3n) is 5.84. The lowest BCUT2D eigenvalue weighted by Gasteiger charge is -2.21. The molecule has 2 atom stereocenters. The van der Waals surface area contributed by atoms with Gasteiger partial charge in [-0.2, -0.15) is 0 Å². The average molecular weight is 425 g/mol. The molecule has 2 aromatic rings. The van der Waals surface area contributed by atoms with Crippen molar-refractivity contribution in [1.29, 1.82) is 0 Å². The quantitative estimate of drug-likeness (QED) is 0.737. The Morgan fingerprint density at radius 2 is 1.84 bits per heavy atom. The molecule has 1 aliphatic heterocycles. The summed E-state index contributed by atoms with van der Waals surface area (Å²) in [6.45, 7) is 7.46. The van der Waals surface area contributed by atoms with E-state index in [1.165, 1.54) is 0 Å². The molecule has 0 spiro atoms. The third-order valence-corrected chi connectivity index (χ3v) is 5.84. The highest BCUT2D eigenvalue weighted by Crippen LogP contribution is 2.40. The number of methoxy groups -OCH3 is 2. The van der Waals surface area contributed by atoms with E-state index in [2.05, 4.69) is 19.2 Å². The fraction of sp³-hybridized carbons (Fsp3) is 0.440. The number of hydrogen-bond acceptors (Lipinski definition) is 4. The predicted octanol–water partition coefficient (Wildman–Crippen LogP) is 3.64. The second-order valence-corrected chi connectivity index (χ2v) is 8.48. The van der Waals surface area contributed by atoms with Gasteiger partial charge in [0.15, 0.2) is 0 Å². The minimum atomic E-state index is -0.368. The summed E-state index contributed by atoms with van der Waals surface area (Å²) in [5.74, 6) is 1.09.